The van der Waals surface area contributed by atoms with Crippen LogP contribution in [0, 0.1) is 20.8 Å². The summed E-state index contributed by atoms with van der Waals surface area (Å²) >= 11 is 1.73. The van der Waals surface area contributed by atoms with Gasteiger partial charge in [0, 0.05) is 37.2 Å². The Kier molecular flexibility index (Phi) is 7.25. The molecule has 0 bridgehead atoms. The molecule has 0 saturated carbocycles. The fraction of sp³-hybridized carbons (Fsp3) is 0.474. The molecule has 25 heavy (non-hydrogen) atoms. The maximum Gasteiger partial charge on any atom is 0.191 e. The number of nitrogens with one attached hydrogen (secondary N) is 2. The number of aliphatic imine (C=N–C) groups is 1. The third kappa shape index (κ3) is 5.74. The van der Waals surface area contributed by atoms with E-state index >= 15 is 0 Å². The molecular formula is C19H29N5S. The van der Waals surface area contributed by atoms with Gasteiger partial charge in [-0.3, -0.25) is 4.99 Å². The van der Waals surface area contributed by atoms with Gasteiger partial charge in [-0.15, -0.1) is 11.3 Å². The van der Waals surface area contributed by atoms with Crippen LogP contribution in [0.1, 0.15) is 28.1 Å². The Morgan fingerprint density at radius 3 is 2.64 bits per heavy atom. The smallest absolute Gasteiger partial charge is 0.191 e. The van der Waals surface area contributed by atoms with Crippen molar-refractivity contribution in [2.45, 2.75) is 34.2 Å². The Hall–Kier alpha value is -2.08. The number of anilines is 1. The molecule has 0 amide bonds. The topological polar surface area (TPSA) is 52.5 Å². The van der Waals surface area contributed by atoms with Crippen LogP contribution in [-0.4, -0.2) is 37.6 Å². The first-order chi connectivity index (χ1) is 12.0. The predicted octanol–water partition coefficient (Wildman–Crippen LogP) is 3.26. The summed E-state index contributed by atoms with van der Waals surface area (Å²) in [7, 11) is 1.80. The van der Waals surface area contributed by atoms with Crippen molar-refractivity contribution in [2.75, 3.05) is 31.6 Å². The zero-order valence-corrected chi connectivity index (χ0v) is 16.7. The summed E-state index contributed by atoms with van der Waals surface area (Å²) in [6.07, 6.45) is 0. The first kappa shape index (κ1) is 19.2. The van der Waals surface area contributed by atoms with E-state index in [1.807, 2.05) is 6.92 Å². The van der Waals surface area contributed by atoms with Crippen LogP contribution in [0.2, 0.25) is 0 Å². The summed E-state index contributed by atoms with van der Waals surface area (Å²) in [6.45, 7) is 11.9. The highest BCUT2D eigenvalue weighted by molar-refractivity contribution is 7.11. The summed E-state index contributed by atoms with van der Waals surface area (Å²) in [5, 5.41) is 7.87. The number of nitrogens with zero attached hydrogens (tertiary/aromatic N) is 3. The monoisotopic (exact) mass is 359 g/mol. The number of hydrogen-bond donors (Lipinski definition) is 2. The molecule has 5 nitrogen and oxygen atoms in total. The van der Waals surface area contributed by atoms with E-state index in [0.29, 0.717) is 0 Å². The van der Waals surface area contributed by atoms with Gasteiger partial charge in [0.2, 0.25) is 0 Å². The first-order valence-electron chi connectivity index (χ1n) is 8.72. The van der Waals surface area contributed by atoms with E-state index in [-0.39, 0.29) is 0 Å². The van der Waals surface area contributed by atoms with Crippen LogP contribution < -0.4 is 15.5 Å². The Bertz CT molecular complexity index is 708. The van der Waals surface area contributed by atoms with Gasteiger partial charge in [-0.05, 0) is 45.4 Å². The van der Waals surface area contributed by atoms with Crippen molar-refractivity contribution in [3.8, 4) is 0 Å². The van der Waals surface area contributed by atoms with Crippen molar-refractivity contribution in [3.05, 3.63) is 45.4 Å². The van der Waals surface area contributed by atoms with Crippen molar-refractivity contribution in [1.82, 2.24) is 15.6 Å². The second kappa shape index (κ2) is 9.42. The van der Waals surface area contributed by atoms with E-state index < -0.39 is 0 Å². The van der Waals surface area contributed by atoms with Gasteiger partial charge in [-0.2, -0.15) is 0 Å². The summed E-state index contributed by atoms with van der Waals surface area (Å²) in [4.78, 5) is 12.4. The van der Waals surface area contributed by atoms with E-state index in [1.165, 1.54) is 16.1 Å². The van der Waals surface area contributed by atoms with Gasteiger partial charge in [-0.25, -0.2) is 4.98 Å². The van der Waals surface area contributed by atoms with Gasteiger partial charge < -0.3 is 15.5 Å². The highest BCUT2D eigenvalue weighted by atomic mass is 32.1. The van der Waals surface area contributed by atoms with Crippen molar-refractivity contribution in [2.24, 2.45) is 4.99 Å². The zero-order valence-electron chi connectivity index (χ0n) is 15.9. The molecule has 2 rings (SSSR count). The van der Waals surface area contributed by atoms with Gasteiger partial charge in [0.1, 0.15) is 0 Å². The molecule has 0 saturated heterocycles. The average molecular weight is 360 g/mol. The van der Waals surface area contributed by atoms with Crippen LogP contribution in [0.4, 0.5) is 5.69 Å². The molecule has 0 unspecified atom stereocenters. The third-order valence-corrected chi connectivity index (χ3v) is 5.14. The SMILES string of the molecule is CCN(CCNC(=NC)NCc1sc(C)nc1C)c1cccc(C)c1. The molecule has 2 aromatic rings. The lowest BCUT2D eigenvalue weighted by Crippen LogP contribution is -2.41. The molecule has 1 aromatic carbocycles. The van der Waals surface area contributed by atoms with Gasteiger partial charge >= 0.3 is 0 Å². The maximum atomic E-state index is 4.46. The molecule has 1 heterocycles. The van der Waals surface area contributed by atoms with Crippen LogP contribution in [0.3, 0.4) is 0 Å². The average Bonchev–Trinajstić information content (AvgIpc) is 2.92. The summed E-state index contributed by atoms with van der Waals surface area (Å²) in [6, 6.07) is 8.63. The van der Waals surface area contributed by atoms with Gasteiger partial charge in [0.15, 0.2) is 5.96 Å². The number of aryl methyl sites for hydroxylation is 3. The lowest BCUT2D eigenvalue weighted by molar-refractivity contribution is 0.750. The Morgan fingerprint density at radius 2 is 2.04 bits per heavy atom. The number of likely N-dealkylation sites (N-methyl/N-ethyl adjacent to an activating group) is 1. The second-order valence-electron chi connectivity index (χ2n) is 6.01. The normalized spacial score (nSPS) is 11.5. The standard InChI is InChI=1S/C19H29N5S/c1-6-24(17-9-7-8-14(2)12-17)11-10-21-19(20-5)22-13-18-15(3)23-16(4)25-18/h7-9,12H,6,10-11,13H2,1-5H3,(H2,20,21,22). The van der Waals surface area contributed by atoms with E-state index in [9.17, 15) is 0 Å². The zero-order chi connectivity index (χ0) is 18.2. The Morgan fingerprint density at radius 1 is 1.24 bits per heavy atom. The van der Waals surface area contributed by atoms with Crippen molar-refractivity contribution in [3.63, 3.8) is 0 Å². The quantitative estimate of drug-likeness (QED) is 0.588. The molecule has 0 atom stereocenters. The molecule has 6 heteroatoms. The summed E-state index contributed by atoms with van der Waals surface area (Å²) < 4.78 is 0. The van der Waals surface area contributed by atoms with E-state index in [1.54, 1.807) is 18.4 Å². The van der Waals surface area contributed by atoms with Crippen LogP contribution in [-0.2, 0) is 6.54 Å². The molecular weight excluding hydrogens is 330 g/mol. The predicted molar refractivity (Wildman–Crippen MR) is 109 cm³/mol. The molecule has 136 valence electrons. The van der Waals surface area contributed by atoms with E-state index in [2.05, 4.69) is 70.5 Å². The molecule has 2 N–H and O–H groups in total. The molecule has 0 aliphatic heterocycles. The fourth-order valence-electron chi connectivity index (χ4n) is 2.73. The number of aromatic nitrogens is 1. The van der Waals surface area contributed by atoms with Crippen LogP contribution in [0.15, 0.2) is 29.3 Å². The molecule has 0 spiro atoms. The highest BCUT2D eigenvalue weighted by Crippen LogP contribution is 2.16. The number of guanidine groups is 1. The summed E-state index contributed by atoms with van der Waals surface area (Å²) in [5.41, 5.74) is 3.65. The molecule has 0 aliphatic rings. The third-order valence-electron chi connectivity index (χ3n) is 4.06. The highest BCUT2D eigenvalue weighted by Gasteiger charge is 2.07. The number of rotatable bonds is 7. The fourth-order valence-corrected chi connectivity index (χ4v) is 3.60. The molecule has 1 aromatic heterocycles. The van der Waals surface area contributed by atoms with Crippen molar-refractivity contribution < 1.29 is 0 Å². The van der Waals surface area contributed by atoms with Crippen LogP contribution >= 0.6 is 11.3 Å². The largest absolute Gasteiger partial charge is 0.370 e. The van der Waals surface area contributed by atoms with E-state index in [0.717, 1.165) is 42.8 Å². The number of hydrogen-bond acceptors (Lipinski definition) is 4. The number of thiazole rings is 1. The minimum Gasteiger partial charge on any atom is -0.370 e. The Labute approximate surface area is 155 Å². The maximum absolute atomic E-state index is 4.46. The number of benzene rings is 1. The molecule has 0 fully saturated rings. The lowest BCUT2D eigenvalue weighted by atomic mass is 10.2. The summed E-state index contributed by atoms with van der Waals surface area (Å²) in [5.74, 6) is 0.825. The minimum atomic E-state index is 0.756. The van der Waals surface area contributed by atoms with Gasteiger partial charge in [-0.1, -0.05) is 12.1 Å². The molecule has 0 radical (unpaired) electrons. The van der Waals surface area contributed by atoms with Gasteiger partial charge in [0.05, 0.1) is 17.2 Å². The second-order valence-corrected chi connectivity index (χ2v) is 7.30. The van der Waals surface area contributed by atoms with Crippen LogP contribution in [0.5, 0.6) is 0 Å². The van der Waals surface area contributed by atoms with Gasteiger partial charge in [0.25, 0.3) is 0 Å². The van der Waals surface area contributed by atoms with Crippen molar-refractivity contribution in [1.29, 1.82) is 0 Å². The first-order valence-corrected chi connectivity index (χ1v) is 9.54. The molecule has 0 aliphatic carbocycles. The minimum absolute atomic E-state index is 0.756. The van der Waals surface area contributed by atoms with Crippen LogP contribution in [0.25, 0.3) is 0 Å². The van der Waals surface area contributed by atoms with E-state index in [4.69, 9.17) is 0 Å². The Balaban J connectivity index is 1.82. The van der Waals surface area contributed by atoms with Crippen molar-refractivity contribution >= 4 is 23.0 Å². The lowest BCUT2D eigenvalue weighted by Gasteiger charge is -2.24.